The first-order valence-corrected chi connectivity index (χ1v) is 8.35. The fourth-order valence-electron chi connectivity index (χ4n) is 4.70. The zero-order chi connectivity index (χ0) is 13.1. The van der Waals surface area contributed by atoms with Crippen molar-refractivity contribution in [2.24, 2.45) is 17.1 Å². The molecule has 110 valence electrons. The van der Waals surface area contributed by atoms with Crippen LogP contribution in [-0.2, 0) is 4.74 Å². The third-order valence-electron chi connectivity index (χ3n) is 6.04. The standard InChI is InChI=1S/C16H30N2O/c17-13-15(14-3-11-19-12-4-14)18-9-7-16(8-10-18)5-1-2-6-16/h14-15H,1-13,17H2. The van der Waals surface area contributed by atoms with Crippen LogP contribution in [0.15, 0.2) is 0 Å². The van der Waals surface area contributed by atoms with Crippen LogP contribution >= 0.6 is 0 Å². The lowest BCUT2D eigenvalue weighted by molar-refractivity contribution is 0.00590. The lowest BCUT2D eigenvalue weighted by Gasteiger charge is -2.45. The smallest absolute Gasteiger partial charge is 0.0469 e. The van der Waals surface area contributed by atoms with Gasteiger partial charge in [-0.05, 0) is 62.9 Å². The summed E-state index contributed by atoms with van der Waals surface area (Å²) in [6.45, 7) is 5.30. The third-order valence-corrected chi connectivity index (χ3v) is 6.04. The Morgan fingerprint density at radius 2 is 1.68 bits per heavy atom. The van der Waals surface area contributed by atoms with Crippen molar-refractivity contribution in [2.45, 2.75) is 57.4 Å². The second-order valence-corrected chi connectivity index (χ2v) is 7.00. The molecule has 2 N–H and O–H groups in total. The Morgan fingerprint density at radius 3 is 2.26 bits per heavy atom. The molecule has 1 unspecified atom stereocenters. The summed E-state index contributed by atoms with van der Waals surface area (Å²) in [5.74, 6) is 0.774. The minimum Gasteiger partial charge on any atom is -0.381 e. The molecule has 1 atom stereocenters. The van der Waals surface area contributed by atoms with Crippen LogP contribution in [0.25, 0.3) is 0 Å². The molecule has 0 bridgehead atoms. The monoisotopic (exact) mass is 266 g/mol. The van der Waals surface area contributed by atoms with E-state index in [2.05, 4.69) is 4.90 Å². The van der Waals surface area contributed by atoms with Gasteiger partial charge in [0, 0.05) is 25.8 Å². The van der Waals surface area contributed by atoms with Crippen molar-refractivity contribution >= 4 is 0 Å². The highest BCUT2D eigenvalue weighted by Crippen LogP contribution is 2.46. The van der Waals surface area contributed by atoms with Crippen molar-refractivity contribution in [2.75, 3.05) is 32.8 Å². The van der Waals surface area contributed by atoms with Gasteiger partial charge in [-0.25, -0.2) is 0 Å². The van der Waals surface area contributed by atoms with E-state index in [0.717, 1.165) is 31.1 Å². The molecule has 3 aliphatic rings. The summed E-state index contributed by atoms with van der Waals surface area (Å²) < 4.78 is 5.50. The van der Waals surface area contributed by atoms with Gasteiger partial charge in [-0.1, -0.05) is 12.8 Å². The number of nitrogens with zero attached hydrogens (tertiary/aromatic N) is 1. The van der Waals surface area contributed by atoms with Gasteiger partial charge < -0.3 is 10.5 Å². The molecule has 0 radical (unpaired) electrons. The van der Waals surface area contributed by atoms with Crippen LogP contribution in [0, 0.1) is 11.3 Å². The van der Waals surface area contributed by atoms with Crippen LogP contribution in [-0.4, -0.2) is 43.8 Å². The van der Waals surface area contributed by atoms with E-state index in [1.54, 1.807) is 0 Å². The largest absolute Gasteiger partial charge is 0.381 e. The van der Waals surface area contributed by atoms with Crippen LogP contribution in [0.4, 0.5) is 0 Å². The van der Waals surface area contributed by atoms with E-state index in [1.165, 1.54) is 64.5 Å². The number of hydrogen-bond acceptors (Lipinski definition) is 3. The Kier molecular flexibility index (Phi) is 4.45. The Morgan fingerprint density at radius 1 is 1.05 bits per heavy atom. The number of likely N-dealkylation sites (tertiary alicyclic amines) is 1. The first kappa shape index (κ1) is 13.8. The number of ether oxygens (including phenoxy) is 1. The van der Waals surface area contributed by atoms with Gasteiger partial charge in [-0.3, -0.25) is 4.90 Å². The van der Waals surface area contributed by atoms with Gasteiger partial charge in [0.15, 0.2) is 0 Å². The van der Waals surface area contributed by atoms with E-state index in [9.17, 15) is 0 Å². The average Bonchev–Trinajstić information content (AvgIpc) is 2.92. The van der Waals surface area contributed by atoms with Crippen molar-refractivity contribution in [3.63, 3.8) is 0 Å². The maximum Gasteiger partial charge on any atom is 0.0469 e. The normalized spacial score (nSPS) is 30.8. The molecular formula is C16H30N2O. The number of piperidine rings is 1. The lowest BCUT2D eigenvalue weighted by atomic mass is 9.76. The zero-order valence-electron chi connectivity index (χ0n) is 12.3. The van der Waals surface area contributed by atoms with Crippen LogP contribution < -0.4 is 5.73 Å². The van der Waals surface area contributed by atoms with Gasteiger partial charge in [-0.2, -0.15) is 0 Å². The topological polar surface area (TPSA) is 38.5 Å². The lowest BCUT2D eigenvalue weighted by Crippen LogP contribution is -2.51. The molecule has 1 aliphatic carbocycles. The van der Waals surface area contributed by atoms with E-state index >= 15 is 0 Å². The van der Waals surface area contributed by atoms with Gasteiger partial charge in [0.05, 0.1) is 0 Å². The molecule has 0 aromatic heterocycles. The number of nitrogens with two attached hydrogens (primary N) is 1. The van der Waals surface area contributed by atoms with Crippen molar-refractivity contribution < 1.29 is 4.74 Å². The molecule has 1 saturated carbocycles. The van der Waals surface area contributed by atoms with Crippen molar-refractivity contribution in [3.05, 3.63) is 0 Å². The van der Waals surface area contributed by atoms with Gasteiger partial charge >= 0.3 is 0 Å². The zero-order valence-corrected chi connectivity index (χ0v) is 12.3. The van der Waals surface area contributed by atoms with Crippen LogP contribution in [0.1, 0.15) is 51.4 Å². The van der Waals surface area contributed by atoms with Crippen LogP contribution in [0.2, 0.25) is 0 Å². The third kappa shape index (κ3) is 2.98. The summed E-state index contributed by atoms with van der Waals surface area (Å²) in [4.78, 5) is 2.71. The van der Waals surface area contributed by atoms with E-state index in [0.29, 0.717) is 6.04 Å². The summed E-state index contributed by atoms with van der Waals surface area (Å²) in [7, 11) is 0. The van der Waals surface area contributed by atoms with E-state index in [1.807, 2.05) is 0 Å². The molecule has 0 aromatic carbocycles. The highest BCUT2D eigenvalue weighted by Gasteiger charge is 2.39. The minimum atomic E-state index is 0.614. The molecule has 3 fully saturated rings. The van der Waals surface area contributed by atoms with Crippen molar-refractivity contribution in [1.82, 2.24) is 4.90 Å². The molecule has 3 heteroatoms. The SMILES string of the molecule is NCC(C1CCOCC1)N1CCC2(CCCC2)CC1. The molecule has 3 nitrogen and oxygen atoms in total. The molecule has 0 aromatic rings. The van der Waals surface area contributed by atoms with Gasteiger partial charge in [0.1, 0.15) is 0 Å². The van der Waals surface area contributed by atoms with E-state index in [-0.39, 0.29) is 0 Å². The molecule has 2 saturated heterocycles. The van der Waals surface area contributed by atoms with Crippen molar-refractivity contribution in [3.8, 4) is 0 Å². The number of hydrogen-bond donors (Lipinski definition) is 1. The highest BCUT2D eigenvalue weighted by molar-refractivity contribution is 4.93. The Balaban J connectivity index is 1.56. The maximum atomic E-state index is 6.10. The first-order valence-electron chi connectivity index (χ1n) is 8.35. The molecule has 3 rings (SSSR count). The van der Waals surface area contributed by atoms with E-state index in [4.69, 9.17) is 10.5 Å². The van der Waals surface area contributed by atoms with Crippen LogP contribution in [0.5, 0.6) is 0 Å². The summed E-state index contributed by atoms with van der Waals surface area (Å²) in [5.41, 5.74) is 6.82. The quantitative estimate of drug-likeness (QED) is 0.852. The Bertz CT molecular complexity index is 272. The molecule has 19 heavy (non-hydrogen) atoms. The maximum absolute atomic E-state index is 6.10. The first-order chi connectivity index (χ1) is 9.33. The number of rotatable bonds is 3. The predicted octanol–water partition coefficient (Wildman–Crippen LogP) is 2.40. The molecule has 1 spiro atoms. The van der Waals surface area contributed by atoms with Crippen LogP contribution in [0.3, 0.4) is 0 Å². The predicted molar refractivity (Wildman–Crippen MR) is 78.1 cm³/mol. The second kappa shape index (κ2) is 6.11. The van der Waals surface area contributed by atoms with Gasteiger partial charge in [0.2, 0.25) is 0 Å². The molecule has 2 heterocycles. The summed E-state index contributed by atoms with van der Waals surface area (Å²) in [6.07, 6.45) is 11.2. The van der Waals surface area contributed by atoms with Gasteiger partial charge in [0.25, 0.3) is 0 Å². The second-order valence-electron chi connectivity index (χ2n) is 7.00. The Labute approximate surface area is 117 Å². The summed E-state index contributed by atoms with van der Waals surface area (Å²) in [5, 5.41) is 0. The summed E-state index contributed by atoms with van der Waals surface area (Å²) in [6, 6.07) is 0.614. The van der Waals surface area contributed by atoms with Crippen molar-refractivity contribution in [1.29, 1.82) is 0 Å². The van der Waals surface area contributed by atoms with Gasteiger partial charge in [-0.15, -0.1) is 0 Å². The molecule has 0 amide bonds. The highest BCUT2D eigenvalue weighted by atomic mass is 16.5. The average molecular weight is 266 g/mol. The summed E-state index contributed by atoms with van der Waals surface area (Å²) >= 11 is 0. The minimum absolute atomic E-state index is 0.614. The Hall–Kier alpha value is -0.120. The fraction of sp³-hybridized carbons (Fsp3) is 1.00. The molecular weight excluding hydrogens is 236 g/mol. The van der Waals surface area contributed by atoms with E-state index < -0.39 is 0 Å². The fourth-order valence-corrected chi connectivity index (χ4v) is 4.70. The molecule has 2 aliphatic heterocycles.